The largest absolute Gasteiger partial charge is 0.368 e. The normalized spacial score (nSPS) is 20.6. The number of carbonyl (C=O) groups is 3. The minimum Gasteiger partial charge on any atom is -0.368 e. The van der Waals surface area contributed by atoms with Gasteiger partial charge in [0.15, 0.2) is 0 Å². The molecule has 7 heteroatoms. The van der Waals surface area contributed by atoms with Crippen LogP contribution < -0.4 is 10.9 Å². The number of nitrogens with one attached hydrogen (secondary N) is 2. The van der Waals surface area contributed by atoms with Gasteiger partial charge in [-0.1, -0.05) is 30.3 Å². The number of benzene rings is 1. The molecule has 1 aromatic rings. The second kappa shape index (κ2) is 9.32. The van der Waals surface area contributed by atoms with Crippen LogP contribution in [0.1, 0.15) is 31.2 Å². The van der Waals surface area contributed by atoms with Crippen molar-refractivity contribution in [1.29, 1.82) is 0 Å². The van der Waals surface area contributed by atoms with E-state index in [0.717, 1.165) is 12.0 Å². The molecule has 1 atom stereocenters. The summed E-state index contributed by atoms with van der Waals surface area (Å²) in [6, 6.07) is 9.65. The molecule has 0 spiro atoms. The first-order valence-corrected chi connectivity index (χ1v) is 9.37. The van der Waals surface area contributed by atoms with Gasteiger partial charge in [0.05, 0.1) is 0 Å². The molecule has 2 N–H and O–H groups in total. The van der Waals surface area contributed by atoms with E-state index in [4.69, 9.17) is 4.74 Å². The third kappa shape index (κ3) is 5.40. The number of carbonyl (C=O) groups excluding carboxylic acids is 3. The van der Waals surface area contributed by atoms with Crippen LogP contribution in [-0.2, 0) is 19.1 Å². The molecule has 0 saturated carbocycles. The number of ether oxygens (including phenoxy) is 1. The number of likely N-dealkylation sites (tertiary alicyclic amines) is 1. The van der Waals surface area contributed by atoms with Crippen LogP contribution in [0, 0.1) is 5.92 Å². The molecule has 2 fully saturated rings. The molecule has 2 aliphatic rings. The predicted molar refractivity (Wildman–Crippen MR) is 100 cm³/mol. The lowest BCUT2D eigenvalue weighted by atomic mass is 9.96. The minimum absolute atomic E-state index is 0.0515. The van der Waals surface area contributed by atoms with Crippen molar-refractivity contribution in [3.8, 4) is 0 Å². The maximum absolute atomic E-state index is 12.3. The van der Waals surface area contributed by atoms with E-state index in [2.05, 4.69) is 10.9 Å². The average molecular weight is 371 g/mol. The molecule has 0 aliphatic carbocycles. The monoisotopic (exact) mass is 371 g/mol. The van der Waals surface area contributed by atoms with E-state index in [1.165, 1.54) is 0 Å². The van der Waals surface area contributed by atoms with Crippen LogP contribution in [0.5, 0.6) is 0 Å². The number of hydrazine groups is 1. The molecule has 3 rings (SSSR count). The lowest BCUT2D eigenvalue weighted by Crippen LogP contribution is -2.50. The lowest BCUT2D eigenvalue weighted by molar-refractivity contribution is -0.137. The Morgan fingerprint density at radius 2 is 1.70 bits per heavy atom. The highest BCUT2D eigenvalue weighted by molar-refractivity contribution is 5.92. The van der Waals surface area contributed by atoms with Gasteiger partial charge >= 0.3 is 0 Å². The van der Waals surface area contributed by atoms with Gasteiger partial charge in [-0.25, -0.2) is 0 Å². The third-order valence-electron chi connectivity index (χ3n) is 4.93. The standard InChI is InChI=1S/C20H25N3O4/c24-18(9-8-15-5-2-1-3-6-15)23-12-10-16(11-13-23)19(25)21-22-20(26)17-7-4-14-27-17/h1-3,5-6,8-9,16-17H,4,7,10-14H2,(H,21,25)(H,22,26). The molecule has 0 bridgehead atoms. The highest BCUT2D eigenvalue weighted by Gasteiger charge is 2.28. The summed E-state index contributed by atoms with van der Waals surface area (Å²) in [6.07, 6.45) is 5.58. The van der Waals surface area contributed by atoms with Gasteiger partial charge < -0.3 is 9.64 Å². The van der Waals surface area contributed by atoms with Crippen molar-refractivity contribution in [3.63, 3.8) is 0 Å². The van der Waals surface area contributed by atoms with E-state index in [-0.39, 0.29) is 23.6 Å². The molecule has 3 amide bonds. The SMILES string of the molecule is O=C(NNC(=O)C1CCCO1)C1CCN(C(=O)C=Cc2ccccc2)CC1. The number of rotatable bonds is 4. The van der Waals surface area contributed by atoms with E-state index in [9.17, 15) is 14.4 Å². The Kier molecular flexibility index (Phi) is 6.59. The molecular weight excluding hydrogens is 346 g/mol. The van der Waals surface area contributed by atoms with E-state index in [0.29, 0.717) is 39.0 Å². The van der Waals surface area contributed by atoms with E-state index in [1.807, 2.05) is 30.3 Å². The number of hydrogen-bond donors (Lipinski definition) is 2. The lowest BCUT2D eigenvalue weighted by Gasteiger charge is -2.30. The van der Waals surface area contributed by atoms with Crippen molar-refractivity contribution in [2.45, 2.75) is 31.8 Å². The number of hydrogen-bond acceptors (Lipinski definition) is 4. The summed E-state index contributed by atoms with van der Waals surface area (Å²) in [7, 11) is 0. The fourth-order valence-electron chi connectivity index (χ4n) is 3.29. The zero-order chi connectivity index (χ0) is 19.1. The molecule has 1 aromatic carbocycles. The Labute approximate surface area is 158 Å². The summed E-state index contributed by atoms with van der Waals surface area (Å²) >= 11 is 0. The quantitative estimate of drug-likeness (QED) is 0.616. The van der Waals surface area contributed by atoms with Gasteiger partial charge in [-0.3, -0.25) is 25.2 Å². The van der Waals surface area contributed by atoms with Crippen molar-refractivity contribution >= 4 is 23.8 Å². The molecule has 0 radical (unpaired) electrons. The van der Waals surface area contributed by atoms with Crippen LogP contribution in [0.25, 0.3) is 6.08 Å². The Morgan fingerprint density at radius 3 is 2.37 bits per heavy atom. The summed E-state index contributed by atoms with van der Waals surface area (Å²) in [5.41, 5.74) is 5.90. The van der Waals surface area contributed by atoms with Crippen molar-refractivity contribution in [1.82, 2.24) is 15.8 Å². The Bertz CT molecular complexity index is 690. The van der Waals surface area contributed by atoms with Crippen LogP contribution in [0.4, 0.5) is 0 Å². The van der Waals surface area contributed by atoms with Crippen molar-refractivity contribution < 1.29 is 19.1 Å². The summed E-state index contributed by atoms with van der Waals surface area (Å²) in [5.74, 6) is -0.783. The maximum Gasteiger partial charge on any atom is 0.267 e. The van der Waals surface area contributed by atoms with Gasteiger partial charge in [0.1, 0.15) is 6.10 Å². The molecule has 1 unspecified atom stereocenters. The highest BCUT2D eigenvalue weighted by Crippen LogP contribution is 2.18. The van der Waals surface area contributed by atoms with Crippen molar-refractivity contribution in [2.24, 2.45) is 5.92 Å². The molecule has 2 heterocycles. The van der Waals surface area contributed by atoms with Crippen LogP contribution in [0.15, 0.2) is 36.4 Å². The van der Waals surface area contributed by atoms with E-state index < -0.39 is 6.10 Å². The smallest absolute Gasteiger partial charge is 0.267 e. The second-order valence-electron chi connectivity index (χ2n) is 6.82. The summed E-state index contributed by atoms with van der Waals surface area (Å²) in [6.45, 7) is 1.63. The Balaban J connectivity index is 1.40. The zero-order valence-corrected chi connectivity index (χ0v) is 15.2. The summed E-state index contributed by atoms with van der Waals surface area (Å²) in [4.78, 5) is 38.1. The summed E-state index contributed by atoms with van der Waals surface area (Å²) in [5, 5.41) is 0. The van der Waals surface area contributed by atoms with Gasteiger partial charge in [-0.15, -0.1) is 0 Å². The fraction of sp³-hybridized carbons (Fsp3) is 0.450. The minimum atomic E-state index is -0.471. The van der Waals surface area contributed by atoms with Gasteiger partial charge in [0.2, 0.25) is 11.8 Å². The first kappa shape index (κ1) is 19.1. The van der Waals surface area contributed by atoms with Crippen molar-refractivity contribution in [2.75, 3.05) is 19.7 Å². The van der Waals surface area contributed by atoms with Crippen LogP contribution in [-0.4, -0.2) is 48.4 Å². The number of nitrogens with zero attached hydrogens (tertiary/aromatic N) is 1. The highest BCUT2D eigenvalue weighted by atomic mass is 16.5. The molecular formula is C20H25N3O4. The summed E-state index contributed by atoms with van der Waals surface area (Å²) < 4.78 is 5.27. The molecule has 27 heavy (non-hydrogen) atoms. The number of piperidine rings is 1. The molecule has 2 aliphatic heterocycles. The first-order valence-electron chi connectivity index (χ1n) is 9.37. The van der Waals surface area contributed by atoms with Crippen LogP contribution in [0.2, 0.25) is 0 Å². The van der Waals surface area contributed by atoms with Crippen LogP contribution in [0.3, 0.4) is 0 Å². The van der Waals surface area contributed by atoms with Crippen LogP contribution >= 0.6 is 0 Å². The van der Waals surface area contributed by atoms with Gasteiger partial charge in [-0.2, -0.15) is 0 Å². The molecule has 144 valence electrons. The topological polar surface area (TPSA) is 87.7 Å². The van der Waals surface area contributed by atoms with Gasteiger partial charge in [0.25, 0.3) is 5.91 Å². The maximum atomic E-state index is 12.3. The average Bonchev–Trinajstić information content (AvgIpc) is 3.26. The Hall–Kier alpha value is -2.67. The number of amides is 3. The fourth-order valence-corrected chi connectivity index (χ4v) is 3.29. The second-order valence-corrected chi connectivity index (χ2v) is 6.82. The van der Waals surface area contributed by atoms with E-state index >= 15 is 0 Å². The van der Waals surface area contributed by atoms with Gasteiger partial charge in [-0.05, 0) is 37.3 Å². The van der Waals surface area contributed by atoms with Gasteiger partial charge in [0, 0.05) is 31.7 Å². The molecule has 7 nitrogen and oxygen atoms in total. The predicted octanol–water partition coefficient (Wildman–Crippen LogP) is 1.26. The molecule has 2 saturated heterocycles. The zero-order valence-electron chi connectivity index (χ0n) is 15.2. The third-order valence-corrected chi connectivity index (χ3v) is 4.93. The molecule has 0 aromatic heterocycles. The van der Waals surface area contributed by atoms with E-state index in [1.54, 1.807) is 17.1 Å². The first-order chi connectivity index (χ1) is 13.1. The Morgan fingerprint density at radius 1 is 1.00 bits per heavy atom. The van der Waals surface area contributed by atoms with Crippen molar-refractivity contribution in [3.05, 3.63) is 42.0 Å².